The fourth-order valence-corrected chi connectivity index (χ4v) is 3.82. The Morgan fingerprint density at radius 2 is 2.00 bits per heavy atom. The fraction of sp³-hybridized carbons (Fsp3) is 0.133. The lowest BCUT2D eigenvalue weighted by Gasteiger charge is -2.10. The van der Waals surface area contributed by atoms with E-state index in [1.807, 2.05) is 13.0 Å². The van der Waals surface area contributed by atoms with Crippen LogP contribution in [0.2, 0.25) is 0 Å². The Balaban J connectivity index is 2.16. The Bertz CT molecular complexity index is 935. The van der Waals surface area contributed by atoms with Crippen molar-refractivity contribution in [3.63, 3.8) is 0 Å². The second-order valence-corrected chi connectivity index (χ2v) is 7.23. The summed E-state index contributed by atoms with van der Waals surface area (Å²) >= 11 is 3.35. The smallest absolute Gasteiger partial charge is 0.269 e. The lowest BCUT2D eigenvalue weighted by atomic mass is 10.3. The third-order valence-electron chi connectivity index (χ3n) is 3.18. The van der Waals surface area contributed by atoms with E-state index >= 15 is 0 Å². The molecular formula is C15H13BrN2O3S. The van der Waals surface area contributed by atoms with Crippen molar-refractivity contribution >= 4 is 37.0 Å². The summed E-state index contributed by atoms with van der Waals surface area (Å²) < 4.78 is 33.0. The number of halogens is 1. The minimum absolute atomic E-state index is 0.155. The van der Waals surface area contributed by atoms with Crippen LogP contribution in [0.1, 0.15) is 6.92 Å². The van der Waals surface area contributed by atoms with Crippen LogP contribution >= 0.6 is 15.9 Å². The third-order valence-corrected chi connectivity index (χ3v) is 5.49. The second-order valence-electron chi connectivity index (χ2n) is 4.56. The molecule has 0 N–H and O–H groups in total. The van der Waals surface area contributed by atoms with E-state index in [0.29, 0.717) is 27.9 Å². The quantitative estimate of drug-likeness (QED) is 0.695. The van der Waals surface area contributed by atoms with Crippen LogP contribution in [0, 0.1) is 0 Å². The molecule has 0 fully saturated rings. The lowest BCUT2D eigenvalue weighted by Crippen LogP contribution is -2.12. The van der Waals surface area contributed by atoms with Crippen molar-refractivity contribution in [2.75, 3.05) is 6.61 Å². The fourth-order valence-electron chi connectivity index (χ4n) is 2.15. The molecule has 0 saturated heterocycles. The van der Waals surface area contributed by atoms with Crippen LogP contribution in [0.15, 0.2) is 58.2 Å². The highest BCUT2D eigenvalue weighted by molar-refractivity contribution is 9.10. The third kappa shape index (κ3) is 2.50. The molecule has 3 aromatic rings. The molecule has 2 aromatic carbocycles. The highest BCUT2D eigenvalue weighted by Crippen LogP contribution is 2.29. The largest absolute Gasteiger partial charge is 0.493 e. The highest BCUT2D eigenvalue weighted by atomic mass is 79.9. The molecule has 0 radical (unpaired) electrons. The van der Waals surface area contributed by atoms with E-state index in [4.69, 9.17) is 4.74 Å². The van der Waals surface area contributed by atoms with E-state index < -0.39 is 10.0 Å². The Morgan fingerprint density at radius 1 is 1.23 bits per heavy atom. The van der Waals surface area contributed by atoms with Crippen molar-refractivity contribution in [3.05, 3.63) is 53.3 Å². The van der Waals surface area contributed by atoms with Crippen LogP contribution in [-0.2, 0) is 10.0 Å². The summed E-state index contributed by atoms with van der Waals surface area (Å²) in [7, 11) is -3.73. The van der Waals surface area contributed by atoms with Crippen LogP contribution in [0.25, 0.3) is 11.0 Å². The van der Waals surface area contributed by atoms with Crippen molar-refractivity contribution in [1.29, 1.82) is 0 Å². The van der Waals surface area contributed by atoms with Crippen molar-refractivity contribution < 1.29 is 13.2 Å². The zero-order valence-electron chi connectivity index (χ0n) is 11.7. The number of nitrogens with zero attached hydrogens (tertiary/aromatic N) is 2. The average Bonchev–Trinajstić information content (AvgIpc) is 2.94. The number of para-hydroxylation sites is 2. The van der Waals surface area contributed by atoms with Gasteiger partial charge >= 0.3 is 0 Å². The maximum absolute atomic E-state index is 12.8. The molecule has 0 bridgehead atoms. The van der Waals surface area contributed by atoms with E-state index in [9.17, 15) is 8.42 Å². The molecule has 0 aliphatic heterocycles. The molecule has 1 aromatic heterocycles. The molecule has 114 valence electrons. The van der Waals surface area contributed by atoms with E-state index in [1.165, 1.54) is 22.4 Å². The van der Waals surface area contributed by atoms with Crippen molar-refractivity contribution in [1.82, 2.24) is 8.96 Å². The molecule has 0 atom stereocenters. The van der Waals surface area contributed by atoms with Crippen LogP contribution in [0.4, 0.5) is 0 Å². The van der Waals surface area contributed by atoms with Gasteiger partial charge < -0.3 is 4.74 Å². The number of aromatic nitrogens is 2. The summed E-state index contributed by atoms with van der Waals surface area (Å²) in [4.78, 5) is 4.28. The van der Waals surface area contributed by atoms with E-state index in [2.05, 4.69) is 20.9 Å². The van der Waals surface area contributed by atoms with E-state index in [0.717, 1.165) is 0 Å². The number of fused-ring (bicyclic) bond motifs is 1. The maximum Gasteiger partial charge on any atom is 0.269 e. The first-order chi connectivity index (χ1) is 10.5. The molecular weight excluding hydrogens is 368 g/mol. The van der Waals surface area contributed by atoms with E-state index in [-0.39, 0.29) is 4.90 Å². The average molecular weight is 381 g/mol. The van der Waals surface area contributed by atoms with Crippen molar-refractivity contribution in [2.24, 2.45) is 0 Å². The molecule has 22 heavy (non-hydrogen) atoms. The van der Waals surface area contributed by atoms with Gasteiger partial charge in [0.15, 0.2) is 0 Å². The first kappa shape index (κ1) is 15.1. The predicted octanol–water partition coefficient (Wildman–Crippen LogP) is 3.43. The molecule has 0 amide bonds. The zero-order valence-corrected chi connectivity index (χ0v) is 14.1. The first-order valence-corrected chi connectivity index (χ1v) is 8.87. The molecule has 3 rings (SSSR count). The van der Waals surface area contributed by atoms with Crippen LogP contribution in [0.3, 0.4) is 0 Å². The van der Waals surface area contributed by atoms with Gasteiger partial charge in [-0.1, -0.05) is 12.1 Å². The first-order valence-electron chi connectivity index (χ1n) is 6.64. The minimum atomic E-state index is -3.73. The number of hydrogen-bond acceptors (Lipinski definition) is 4. The monoisotopic (exact) mass is 380 g/mol. The van der Waals surface area contributed by atoms with Gasteiger partial charge in [-0.25, -0.2) is 17.4 Å². The Labute approximate surface area is 136 Å². The predicted molar refractivity (Wildman–Crippen MR) is 87.6 cm³/mol. The van der Waals surface area contributed by atoms with Gasteiger partial charge in [0.25, 0.3) is 10.0 Å². The number of imidazole rings is 1. The van der Waals surface area contributed by atoms with Gasteiger partial charge in [-0.3, -0.25) is 0 Å². The van der Waals surface area contributed by atoms with Crippen LogP contribution in [0.5, 0.6) is 5.75 Å². The zero-order chi connectivity index (χ0) is 15.7. The molecule has 0 aliphatic rings. The molecule has 5 nitrogen and oxygen atoms in total. The number of rotatable bonds is 4. The summed E-state index contributed by atoms with van der Waals surface area (Å²) in [5.74, 6) is 0.494. The molecule has 0 unspecified atom stereocenters. The maximum atomic E-state index is 12.8. The molecule has 0 spiro atoms. The SMILES string of the molecule is CCOc1cc(S(=O)(=O)n2cnc3ccccc32)ccc1Br. The summed E-state index contributed by atoms with van der Waals surface area (Å²) in [6, 6.07) is 11.8. The topological polar surface area (TPSA) is 61.2 Å². The van der Waals surface area contributed by atoms with E-state index in [1.54, 1.807) is 24.3 Å². The van der Waals surface area contributed by atoms with Crippen molar-refractivity contribution in [2.45, 2.75) is 11.8 Å². The Hall–Kier alpha value is -1.86. The summed E-state index contributed by atoms with van der Waals surface area (Å²) in [5, 5.41) is 0. The standard InChI is InChI=1S/C15H13BrN2O3S/c1-2-21-15-9-11(7-8-12(15)16)22(19,20)18-10-17-13-5-3-4-6-14(13)18/h3-10H,2H2,1H3. The molecule has 0 aliphatic carbocycles. The Kier molecular flexibility index (Phi) is 3.92. The normalized spacial score (nSPS) is 11.7. The number of benzene rings is 2. The van der Waals surface area contributed by atoms with Gasteiger partial charge in [-0.15, -0.1) is 0 Å². The van der Waals surface area contributed by atoms with Gasteiger partial charge in [-0.05, 0) is 47.1 Å². The van der Waals surface area contributed by atoms with Crippen LogP contribution < -0.4 is 4.74 Å². The van der Waals surface area contributed by atoms with Crippen LogP contribution in [-0.4, -0.2) is 24.0 Å². The summed E-state index contributed by atoms with van der Waals surface area (Å²) in [6.07, 6.45) is 1.32. The second kappa shape index (κ2) is 5.73. The molecule has 0 saturated carbocycles. The highest BCUT2D eigenvalue weighted by Gasteiger charge is 2.20. The minimum Gasteiger partial charge on any atom is -0.493 e. The van der Waals surface area contributed by atoms with Crippen molar-refractivity contribution in [3.8, 4) is 5.75 Å². The number of hydrogen-bond donors (Lipinski definition) is 0. The van der Waals surface area contributed by atoms with Gasteiger partial charge in [0.05, 0.1) is 27.0 Å². The number of ether oxygens (including phenoxy) is 1. The summed E-state index contributed by atoms with van der Waals surface area (Å²) in [5.41, 5.74) is 1.18. The summed E-state index contributed by atoms with van der Waals surface area (Å²) in [6.45, 7) is 2.30. The van der Waals surface area contributed by atoms with Gasteiger partial charge in [-0.2, -0.15) is 0 Å². The van der Waals surface area contributed by atoms with Gasteiger partial charge in [0.1, 0.15) is 12.1 Å². The van der Waals surface area contributed by atoms with Gasteiger partial charge in [0.2, 0.25) is 0 Å². The van der Waals surface area contributed by atoms with Gasteiger partial charge in [0, 0.05) is 6.07 Å². The molecule has 1 heterocycles. The lowest BCUT2D eigenvalue weighted by molar-refractivity contribution is 0.337. The Morgan fingerprint density at radius 3 is 2.77 bits per heavy atom. The molecule has 7 heteroatoms.